The summed E-state index contributed by atoms with van der Waals surface area (Å²) in [6.45, 7) is 2.12. The Morgan fingerprint density at radius 3 is 2.83 bits per heavy atom. The molecule has 23 heavy (non-hydrogen) atoms. The largest absolute Gasteiger partial charge is 0.361 e. The number of nitrogens with zero attached hydrogens (tertiary/aromatic N) is 3. The third-order valence-electron chi connectivity index (χ3n) is 3.97. The number of aromatic nitrogens is 3. The van der Waals surface area contributed by atoms with Gasteiger partial charge in [-0.25, -0.2) is 4.39 Å². The minimum atomic E-state index is -0.550. The van der Waals surface area contributed by atoms with Crippen LogP contribution in [0.4, 0.5) is 4.39 Å². The van der Waals surface area contributed by atoms with E-state index in [-0.39, 0.29) is 12.4 Å². The van der Waals surface area contributed by atoms with Crippen LogP contribution in [-0.4, -0.2) is 14.8 Å². The second kappa shape index (κ2) is 5.44. The summed E-state index contributed by atoms with van der Waals surface area (Å²) in [6, 6.07) is 12.1. The molecule has 1 unspecified atom stereocenters. The number of halogens is 2. The molecule has 0 saturated carbocycles. The van der Waals surface area contributed by atoms with Crippen molar-refractivity contribution >= 4 is 11.6 Å². The lowest BCUT2D eigenvalue weighted by molar-refractivity contribution is 0.0632. The summed E-state index contributed by atoms with van der Waals surface area (Å²) in [4.78, 5) is 0. The van der Waals surface area contributed by atoms with Gasteiger partial charge in [-0.1, -0.05) is 29.8 Å². The van der Waals surface area contributed by atoms with Gasteiger partial charge in [-0.3, -0.25) is 4.57 Å². The zero-order valence-corrected chi connectivity index (χ0v) is 13.1. The van der Waals surface area contributed by atoms with Crippen LogP contribution in [0.2, 0.25) is 5.02 Å². The molecule has 2 aromatic carbocycles. The topological polar surface area (TPSA) is 39.9 Å². The van der Waals surface area contributed by atoms with Crippen LogP contribution in [0.3, 0.4) is 0 Å². The third-order valence-corrected chi connectivity index (χ3v) is 4.21. The lowest BCUT2D eigenvalue weighted by Gasteiger charge is -2.19. The van der Waals surface area contributed by atoms with E-state index < -0.39 is 6.10 Å². The Kier molecular flexibility index (Phi) is 3.39. The first kappa shape index (κ1) is 14.4. The first-order valence-corrected chi connectivity index (χ1v) is 7.59. The number of fused-ring (bicyclic) bond motifs is 3. The Balaban J connectivity index is 1.97. The van der Waals surface area contributed by atoms with E-state index in [9.17, 15) is 4.39 Å². The Morgan fingerprint density at radius 2 is 2.00 bits per heavy atom. The van der Waals surface area contributed by atoms with Crippen molar-refractivity contribution in [1.29, 1.82) is 0 Å². The standard InChI is InChI=1S/C17H13ClFN3O/c1-10-20-21-16-9-23-17(12-4-2-3-5-14(12)19)13-8-11(18)6-7-15(13)22(10)16/h2-8,17H,9H2,1H3. The molecule has 0 fully saturated rings. The molecule has 6 heteroatoms. The van der Waals surface area contributed by atoms with Gasteiger partial charge in [-0.2, -0.15) is 0 Å². The molecule has 0 aliphatic carbocycles. The first-order valence-electron chi connectivity index (χ1n) is 7.22. The lowest BCUT2D eigenvalue weighted by Crippen LogP contribution is -2.08. The second-order valence-electron chi connectivity index (χ2n) is 5.41. The molecule has 0 saturated heterocycles. The summed E-state index contributed by atoms with van der Waals surface area (Å²) >= 11 is 6.17. The maximum Gasteiger partial charge on any atom is 0.163 e. The molecule has 2 heterocycles. The predicted molar refractivity (Wildman–Crippen MR) is 84.1 cm³/mol. The summed E-state index contributed by atoms with van der Waals surface area (Å²) in [5.41, 5.74) is 2.13. The maximum atomic E-state index is 14.3. The van der Waals surface area contributed by atoms with Crippen LogP contribution in [0.5, 0.6) is 0 Å². The van der Waals surface area contributed by atoms with Crippen molar-refractivity contribution in [3.8, 4) is 5.69 Å². The molecule has 4 nitrogen and oxygen atoms in total. The normalized spacial score (nSPS) is 16.6. The minimum Gasteiger partial charge on any atom is -0.361 e. The average molecular weight is 330 g/mol. The van der Waals surface area contributed by atoms with Gasteiger partial charge in [0.15, 0.2) is 5.82 Å². The van der Waals surface area contributed by atoms with Crippen molar-refractivity contribution in [2.75, 3.05) is 0 Å². The quantitative estimate of drug-likeness (QED) is 0.677. The van der Waals surface area contributed by atoms with E-state index in [0.29, 0.717) is 16.4 Å². The molecule has 1 atom stereocenters. The predicted octanol–water partition coefficient (Wildman–Crippen LogP) is 3.99. The van der Waals surface area contributed by atoms with Crippen molar-refractivity contribution < 1.29 is 9.13 Å². The van der Waals surface area contributed by atoms with E-state index in [2.05, 4.69) is 10.2 Å². The van der Waals surface area contributed by atoms with E-state index >= 15 is 0 Å². The van der Waals surface area contributed by atoms with Crippen molar-refractivity contribution in [2.24, 2.45) is 0 Å². The van der Waals surface area contributed by atoms with Gasteiger partial charge in [0.2, 0.25) is 0 Å². The van der Waals surface area contributed by atoms with Gasteiger partial charge >= 0.3 is 0 Å². The van der Waals surface area contributed by atoms with E-state index in [4.69, 9.17) is 16.3 Å². The number of ether oxygens (including phenoxy) is 1. The molecule has 0 radical (unpaired) electrons. The fourth-order valence-corrected chi connectivity index (χ4v) is 3.13. The Labute approximate surface area is 137 Å². The average Bonchev–Trinajstić information content (AvgIpc) is 2.82. The highest BCUT2D eigenvalue weighted by Crippen LogP contribution is 2.37. The zero-order valence-electron chi connectivity index (χ0n) is 12.3. The molecule has 3 aromatic rings. The van der Waals surface area contributed by atoms with Crippen molar-refractivity contribution in [2.45, 2.75) is 19.6 Å². The molecule has 0 spiro atoms. The summed E-state index contributed by atoms with van der Waals surface area (Å²) < 4.78 is 22.2. The van der Waals surface area contributed by atoms with Crippen LogP contribution in [0.15, 0.2) is 42.5 Å². The fourth-order valence-electron chi connectivity index (χ4n) is 2.94. The van der Waals surface area contributed by atoms with E-state index in [1.165, 1.54) is 6.07 Å². The Morgan fingerprint density at radius 1 is 1.17 bits per heavy atom. The van der Waals surface area contributed by atoms with Gasteiger partial charge in [0.25, 0.3) is 0 Å². The molecule has 4 rings (SSSR count). The zero-order chi connectivity index (χ0) is 16.0. The molecule has 0 N–H and O–H groups in total. The number of benzene rings is 2. The fraction of sp³-hybridized carbons (Fsp3) is 0.176. The Bertz CT molecular complexity index is 893. The van der Waals surface area contributed by atoms with Gasteiger partial charge in [0.1, 0.15) is 24.4 Å². The summed E-state index contributed by atoms with van der Waals surface area (Å²) in [5.74, 6) is 1.13. The third kappa shape index (κ3) is 2.33. The maximum absolute atomic E-state index is 14.3. The first-order chi connectivity index (χ1) is 11.1. The Hall–Kier alpha value is -2.24. The van der Waals surface area contributed by atoms with Crippen molar-refractivity contribution in [1.82, 2.24) is 14.8 Å². The van der Waals surface area contributed by atoms with Gasteiger partial charge in [0.05, 0.1) is 5.69 Å². The summed E-state index contributed by atoms with van der Waals surface area (Å²) in [6.07, 6.45) is -0.550. The smallest absolute Gasteiger partial charge is 0.163 e. The SMILES string of the molecule is Cc1nnc2n1-c1ccc(Cl)cc1C(c1ccccc1F)OC2. The number of rotatable bonds is 1. The molecule has 1 aromatic heterocycles. The number of hydrogen-bond donors (Lipinski definition) is 0. The lowest BCUT2D eigenvalue weighted by atomic mass is 9.99. The molecule has 116 valence electrons. The summed E-state index contributed by atoms with van der Waals surface area (Å²) in [5, 5.41) is 8.82. The van der Waals surface area contributed by atoms with Crippen LogP contribution >= 0.6 is 11.6 Å². The van der Waals surface area contributed by atoms with E-state index in [0.717, 1.165) is 17.1 Å². The van der Waals surface area contributed by atoms with Crippen LogP contribution in [-0.2, 0) is 11.3 Å². The highest BCUT2D eigenvalue weighted by atomic mass is 35.5. The molecule has 1 aliphatic rings. The molecule has 1 aliphatic heterocycles. The monoisotopic (exact) mass is 329 g/mol. The van der Waals surface area contributed by atoms with Gasteiger partial charge in [0, 0.05) is 16.1 Å². The highest BCUT2D eigenvalue weighted by Gasteiger charge is 2.28. The molecular weight excluding hydrogens is 317 g/mol. The number of hydrogen-bond acceptors (Lipinski definition) is 3. The summed E-state index contributed by atoms with van der Waals surface area (Å²) in [7, 11) is 0. The van der Waals surface area contributed by atoms with Crippen LogP contribution in [0, 0.1) is 12.7 Å². The molecule has 0 bridgehead atoms. The second-order valence-corrected chi connectivity index (χ2v) is 5.85. The molecular formula is C17H13ClFN3O. The van der Waals surface area contributed by atoms with Crippen molar-refractivity contribution in [3.63, 3.8) is 0 Å². The van der Waals surface area contributed by atoms with Gasteiger partial charge < -0.3 is 4.74 Å². The number of aryl methyl sites for hydroxylation is 1. The van der Waals surface area contributed by atoms with E-state index in [1.54, 1.807) is 24.3 Å². The van der Waals surface area contributed by atoms with E-state index in [1.807, 2.05) is 23.6 Å². The highest BCUT2D eigenvalue weighted by molar-refractivity contribution is 6.30. The minimum absolute atomic E-state index is 0.242. The van der Waals surface area contributed by atoms with Crippen LogP contribution in [0.25, 0.3) is 5.69 Å². The molecule has 0 amide bonds. The van der Waals surface area contributed by atoms with Gasteiger partial charge in [-0.15, -0.1) is 10.2 Å². The van der Waals surface area contributed by atoms with Crippen molar-refractivity contribution in [3.05, 3.63) is 76.1 Å². The van der Waals surface area contributed by atoms with Crippen LogP contribution in [0.1, 0.15) is 28.9 Å². The van der Waals surface area contributed by atoms with Gasteiger partial charge in [-0.05, 0) is 31.2 Å². The van der Waals surface area contributed by atoms with Crippen LogP contribution < -0.4 is 0 Å².